The highest BCUT2D eigenvalue weighted by molar-refractivity contribution is 5.85. The average Bonchev–Trinajstić information content (AvgIpc) is 1.41. The fourth-order valence-electron chi connectivity index (χ4n) is 0. The number of hydrazine groups is 1. The van der Waals surface area contributed by atoms with E-state index < -0.39 is 5.09 Å². The zero-order chi connectivity index (χ0) is 5.58. The van der Waals surface area contributed by atoms with Crippen molar-refractivity contribution in [3.8, 4) is 0 Å². The fraction of sp³-hybridized carbons (Fsp3) is 0. The number of nitrogens with two attached hydrogens (primary N) is 2. The lowest BCUT2D eigenvalue weighted by atomic mass is 13.0. The molecule has 7 heavy (non-hydrogen) atoms. The first-order valence-electron chi connectivity index (χ1n) is 0.898. The molecule has 0 unspecified atom stereocenters. The normalized spacial score (nSPS) is 4.29. The van der Waals surface area contributed by atoms with E-state index in [1.165, 1.54) is 0 Å². The van der Waals surface area contributed by atoms with E-state index in [-0.39, 0.29) is 12.4 Å². The van der Waals surface area contributed by atoms with Gasteiger partial charge in [0, 0.05) is 0 Å². The van der Waals surface area contributed by atoms with Gasteiger partial charge in [0.15, 0.2) is 0 Å². The Kier molecular flexibility index (Phi) is 41.8. The molecule has 0 fully saturated rings. The summed E-state index contributed by atoms with van der Waals surface area (Å²) in [6.45, 7) is 0. The number of rotatable bonds is 0. The van der Waals surface area contributed by atoms with Crippen LogP contribution in [0.25, 0.3) is 0 Å². The molecular weight excluding hydrogens is 125 g/mol. The molecule has 0 aromatic carbocycles. The topological polar surface area (TPSA) is 115 Å². The Bertz CT molecular complexity index is 33.2. The van der Waals surface area contributed by atoms with Crippen molar-refractivity contribution in [2.45, 2.75) is 0 Å². The Morgan fingerprint density at radius 3 is 1.57 bits per heavy atom. The Labute approximate surface area is 45.6 Å². The molecule has 0 rings (SSSR count). The van der Waals surface area contributed by atoms with E-state index >= 15 is 0 Å². The zero-order valence-electron chi connectivity index (χ0n) is 3.27. The van der Waals surface area contributed by atoms with Gasteiger partial charge in [0.25, 0.3) is 5.09 Å². The summed E-state index contributed by atoms with van der Waals surface area (Å²) in [6.07, 6.45) is 0. The molecule has 0 saturated carbocycles. The Morgan fingerprint density at radius 2 is 1.57 bits per heavy atom. The van der Waals surface area contributed by atoms with E-state index in [1.807, 2.05) is 0 Å². The van der Waals surface area contributed by atoms with Crippen LogP contribution >= 0.6 is 12.4 Å². The SMILES string of the molecule is Cl.NN.O=[N+]([O-])O. The molecule has 0 aliphatic heterocycles. The van der Waals surface area contributed by atoms with Crippen molar-refractivity contribution in [2.75, 3.05) is 0 Å². The summed E-state index contributed by atoms with van der Waals surface area (Å²) < 4.78 is 0. The molecule has 0 aromatic rings. The Hall–Kier alpha value is -0.590. The van der Waals surface area contributed by atoms with Crippen molar-refractivity contribution >= 4 is 12.4 Å². The second-order valence-electron chi connectivity index (χ2n) is 0.238. The van der Waals surface area contributed by atoms with Crippen LogP contribution in [0.1, 0.15) is 0 Å². The van der Waals surface area contributed by atoms with Crippen LogP contribution < -0.4 is 11.7 Å². The molecule has 0 atom stereocenters. The molecule has 0 amide bonds. The largest absolute Gasteiger partial charge is 0.328 e. The van der Waals surface area contributed by atoms with Gasteiger partial charge in [0.2, 0.25) is 0 Å². The molecule has 0 spiro atoms. The maximum absolute atomic E-state index is 8.36. The van der Waals surface area contributed by atoms with Crippen LogP contribution in [0.2, 0.25) is 0 Å². The number of nitrogens with zero attached hydrogens (tertiary/aromatic N) is 1. The van der Waals surface area contributed by atoms with Gasteiger partial charge in [0.05, 0.1) is 0 Å². The van der Waals surface area contributed by atoms with Gasteiger partial charge in [-0.05, 0) is 0 Å². The lowest BCUT2D eigenvalue weighted by Gasteiger charge is -1.56. The van der Waals surface area contributed by atoms with Gasteiger partial charge < -0.3 is 5.21 Å². The first-order chi connectivity index (χ1) is 2.73. The highest BCUT2D eigenvalue weighted by Gasteiger charge is 1.65. The highest BCUT2D eigenvalue weighted by atomic mass is 35.5. The minimum absolute atomic E-state index is 0. The summed E-state index contributed by atoms with van der Waals surface area (Å²) in [5.74, 6) is 8.00. The van der Waals surface area contributed by atoms with Crippen molar-refractivity contribution in [1.29, 1.82) is 0 Å². The minimum atomic E-state index is -1.50. The summed E-state index contributed by atoms with van der Waals surface area (Å²) in [4.78, 5) is 8.36. The molecule has 0 bridgehead atoms. The van der Waals surface area contributed by atoms with Crippen LogP contribution in [0.15, 0.2) is 0 Å². The molecule has 6 nitrogen and oxygen atoms in total. The van der Waals surface area contributed by atoms with E-state index in [9.17, 15) is 0 Å². The molecule has 0 aromatic heterocycles. The molecule has 0 aliphatic rings. The van der Waals surface area contributed by atoms with Gasteiger partial charge in [-0.15, -0.1) is 22.5 Å². The molecule has 7 heteroatoms. The smallest absolute Gasteiger partial charge is 0.291 e. The van der Waals surface area contributed by atoms with Crippen LogP contribution in [0, 0.1) is 10.1 Å². The van der Waals surface area contributed by atoms with Gasteiger partial charge in [-0.3, -0.25) is 11.7 Å². The van der Waals surface area contributed by atoms with Gasteiger partial charge in [0.1, 0.15) is 0 Å². The van der Waals surface area contributed by atoms with Crippen LogP contribution in [-0.2, 0) is 0 Å². The van der Waals surface area contributed by atoms with Gasteiger partial charge in [-0.2, -0.15) is 0 Å². The first-order valence-corrected chi connectivity index (χ1v) is 0.898. The second kappa shape index (κ2) is 18.1. The maximum atomic E-state index is 8.36. The van der Waals surface area contributed by atoms with Crippen LogP contribution in [0.4, 0.5) is 0 Å². The molecule has 0 heterocycles. The van der Waals surface area contributed by atoms with Crippen molar-refractivity contribution in [1.82, 2.24) is 0 Å². The van der Waals surface area contributed by atoms with Gasteiger partial charge in [-0.25, -0.2) is 0 Å². The van der Waals surface area contributed by atoms with Gasteiger partial charge in [-0.1, -0.05) is 0 Å². The Morgan fingerprint density at radius 1 is 1.57 bits per heavy atom. The summed E-state index contributed by atoms with van der Waals surface area (Å²) in [5, 5.41) is 13.6. The van der Waals surface area contributed by atoms with Crippen molar-refractivity contribution in [3.05, 3.63) is 10.1 Å². The third-order valence-corrected chi connectivity index (χ3v) is 0. The second-order valence-corrected chi connectivity index (χ2v) is 0.238. The van der Waals surface area contributed by atoms with Crippen LogP contribution in [0.3, 0.4) is 0 Å². The standard InChI is InChI=1S/ClH.H4N2.HNO3/c;1-2;2-1(3)4/h1H;1-2H2;(H,2,3,4). The van der Waals surface area contributed by atoms with E-state index in [0.717, 1.165) is 0 Å². The van der Waals surface area contributed by atoms with Crippen LogP contribution in [-0.4, -0.2) is 10.3 Å². The van der Waals surface area contributed by atoms with Crippen LogP contribution in [0.5, 0.6) is 0 Å². The minimum Gasteiger partial charge on any atom is -0.328 e. The molecular formula is H6ClN3O3. The van der Waals surface area contributed by atoms with E-state index in [2.05, 4.69) is 11.7 Å². The highest BCUT2D eigenvalue weighted by Crippen LogP contribution is 1.38. The van der Waals surface area contributed by atoms with E-state index in [0.29, 0.717) is 0 Å². The first kappa shape index (κ1) is 16.1. The van der Waals surface area contributed by atoms with Crippen molar-refractivity contribution < 1.29 is 10.3 Å². The summed E-state index contributed by atoms with van der Waals surface area (Å²) in [6, 6.07) is 0. The maximum Gasteiger partial charge on any atom is 0.291 e. The monoisotopic (exact) mass is 131 g/mol. The molecule has 5 N–H and O–H groups in total. The Balaban J connectivity index is -0.0000000480. The van der Waals surface area contributed by atoms with E-state index in [1.54, 1.807) is 0 Å². The van der Waals surface area contributed by atoms with E-state index in [4.69, 9.17) is 15.3 Å². The number of halogens is 1. The van der Waals surface area contributed by atoms with Crippen molar-refractivity contribution in [3.63, 3.8) is 0 Å². The molecule has 46 valence electrons. The average molecular weight is 132 g/mol. The summed E-state index contributed by atoms with van der Waals surface area (Å²) >= 11 is 0. The number of hydrogen-bond acceptors (Lipinski definition) is 4. The zero-order valence-corrected chi connectivity index (χ0v) is 4.09. The quantitative estimate of drug-likeness (QED) is 0.219. The van der Waals surface area contributed by atoms with Crippen molar-refractivity contribution in [2.24, 2.45) is 11.7 Å². The predicted octanol–water partition coefficient (Wildman–Crippen LogP) is -1.11. The molecule has 0 radical (unpaired) electrons. The van der Waals surface area contributed by atoms with Gasteiger partial charge >= 0.3 is 0 Å². The lowest BCUT2D eigenvalue weighted by molar-refractivity contribution is -0.742. The third-order valence-electron chi connectivity index (χ3n) is 0. The lowest BCUT2D eigenvalue weighted by Crippen LogP contribution is -2.02. The molecule has 0 aliphatic carbocycles. The summed E-state index contributed by atoms with van der Waals surface area (Å²) in [5.41, 5.74) is 0. The predicted molar refractivity (Wildman–Crippen MR) is 24.4 cm³/mol. The third kappa shape index (κ3) is 181. The molecule has 0 saturated heterocycles. The summed E-state index contributed by atoms with van der Waals surface area (Å²) in [7, 11) is 0. The number of hydrogen-bond donors (Lipinski definition) is 3. The fourth-order valence-corrected chi connectivity index (χ4v) is 0.